The number of aromatic nitrogens is 6. The summed E-state index contributed by atoms with van der Waals surface area (Å²) in [6.45, 7) is -0.140. The highest BCUT2D eigenvalue weighted by molar-refractivity contribution is 5.90. The number of carbonyl (C=O) groups excluding carboxylic acids is 1. The van der Waals surface area contributed by atoms with Crippen LogP contribution in [0.2, 0.25) is 0 Å². The lowest BCUT2D eigenvalue weighted by atomic mass is 9.99. The average molecular weight is 771 g/mol. The third-order valence-electron chi connectivity index (χ3n) is 8.57. The van der Waals surface area contributed by atoms with Crippen molar-refractivity contribution in [2.75, 3.05) is 33.5 Å². The quantitative estimate of drug-likeness (QED) is 0.0428. The van der Waals surface area contributed by atoms with Gasteiger partial charge in [-0.15, -0.1) is 10.2 Å². The summed E-state index contributed by atoms with van der Waals surface area (Å²) in [5.74, 6) is -0.0316. The highest BCUT2D eigenvalue weighted by atomic mass is 16.7. The van der Waals surface area contributed by atoms with Gasteiger partial charge in [-0.25, -0.2) is 4.79 Å². The molecule has 5 rings (SSSR count). The average Bonchev–Trinajstić information content (AvgIpc) is 3.85. The summed E-state index contributed by atoms with van der Waals surface area (Å²) < 4.78 is 41.4. The fourth-order valence-corrected chi connectivity index (χ4v) is 5.58. The molecule has 1 aromatic carbocycles. The van der Waals surface area contributed by atoms with Crippen molar-refractivity contribution in [2.45, 2.75) is 101 Å². The lowest BCUT2D eigenvalue weighted by Crippen LogP contribution is -2.59. The molecule has 2 aromatic heterocycles. The van der Waals surface area contributed by atoms with E-state index in [9.17, 15) is 45.6 Å². The Morgan fingerprint density at radius 1 is 0.685 bits per heavy atom. The molecule has 2 aliphatic heterocycles. The number of benzene rings is 1. The van der Waals surface area contributed by atoms with Gasteiger partial charge in [0.05, 0.1) is 51.5 Å². The summed E-state index contributed by atoms with van der Waals surface area (Å²) in [5, 5.41) is 94.7. The maximum atomic E-state index is 12.4. The van der Waals surface area contributed by atoms with Gasteiger partial charge in [0.2, 0.25) is 0 Å². The molecular formula is C32H46N6O16. The van der Waals surface area contributed by atoms with Crippen molar-refractivity contribution < 1.29 is 78.8 Å². The van der Waals surface area contributed by atoms with Crippen LogP contribution in [-0.4, -0.2) is 172 Å². The van der Waals surface area contributed by atoms with Crippen LogP contribution >= 0.6 is 0 Å². The van der Waals surface area contributed by atoms with Gasteiger partial charge in [-0.2, -0.15) is 0 Å². The van der Waals surface area contributed by atoms with Gasteiger partial charge in [0.1, 0.15) is 84.9 Å². The van der Waals surface area contributed by atoms with Crippen molar-refractivity contribution in [2.24, 2.45) is 0 Å². The van der Waals surface area contributed by atoms with Crippen LogP contribution in [-0.2, 0) is 50.0 Å². The van der Waals surface area contributed by atoms with Crippen LogP contribution in [0.15, 0.2) is 30.6 Å². The molecule has 0 spiro atoms. The number of rotatable bonds is 19. The van der Waals surface area contributed by atoms with Crippen molar-refractivity contribution >= 4 is 5.97 Å². The zero-order chi connectivity index (χ0) is 38.8. The second-order valence-corrected chi connectivity index (χ2v) is 12.6. The van der Waals surface area contributed by atoms with Crippen molar-refractivity contribution in [3.8, 4) is 11.5 Å². The first-order valence-electron chi connectivity index (χ1n) is 17.1. The molecule has 3 aromatic rings. The van der Waals surface area contributed by atoms with Crippen molar-refractivity contribution in [3.05, 3.63) is 47.5 Å². The monoisotopic (exact) mass is 770 g/mol. The molecule has 54 heavy (non-hydrogen) atoms. The summed E-state index contributed by atoms with van der Waals surface area (Å²) in [6, 6.07) is 4.55. The summed E-state index contributed by atoms with van der Waals surface area (Å²) in [6.07, 6.45) is -9.39. The summed E-state index contributed by atoms with van der Waals surface area (Å²) in [5.41, 5.74) is 1.13. The summed E-state index contributed by atoms with van der Waals surface area (Å²) in [4.78, 5) is 12.4. The second kappa shape index (κ2) is 19.6. The predicted molar refractivity (Wildman–Crippen MR) is 175 cm³/mol. The summed E-state index contributed by atoms with van der Waals surface area (Å²) in [7, 11) is 1.25. The van der Waals surface area contributed by atoms with E-state index in [1.807, 2.05) is 0 Å². The largest absolute Gasteiger partial charge is 0.487 e. The molecule has 0 bridgehead atoms. The van der Waals surface area contributed by atoms with Crippen LogP contribution in [0.25, 0.3) is 0 Å². The van der Waals surface area contributed by atoms with Crippen LogP contribution in [0.5, 0.6) is 11.5 Å². The number of nitrogens with zero attached hydrogens (tertiary/aromatic N) is 6. The molecule has 10 atom stereocenters. The molecule has 0 radical (unpaired) electrons. The molecule has 2 saturated heterocycles. The first-order chi connectivity index (χ1) is 26.0. The predicted octanol–water partition coefficient (Wildman–Crippen LogP) is -3.77. The summed E-state index contributed by atoms with van der Waals surface area (Å²) >= 11 is 0. The maximum absolute atomic E-state index is 12.4. The van der Waals surface area contributed by atoms with Crippen LogP contribution in [0.1, 0.15) is 34.6 Å². The third-order valence-corrected chi connectivity index (χ3v) is 8.57. The molecule has 0 unspecified atom stereocenters. The number of aliphatic hydroxyl groups is 8. The number of hydrogen-bond donors (Lipinski definition) is 8. The van der Waals surface area contributed by atoms with Gasteiger partial charge < -0.3 is 74.0 Å². The van der Waals surface area contributed by atoms with E-state index in [0.717, 1.165) is 0 Å². The van der Waals surface area contributed by atoms with Crippen LogP contribution in [0.3, 0.4) is 0 Å². The van der Waals surface area contributed by atoms with E-state index >= 15 is 0 Å². The Balaban J connectivity index is 1.06. The SMILES string of the molecule is COC(=O)c1cc(OCc2cn(CCCO[C@@H]3O[C@H](CO)[C@H](O)[C@H](O)[C@H]3O)nn2)cc(OCc2cn(CCCO[C@@H]3O[C@H](CO)[C@H](O)[C@H](O)[C@H]3O)nn2)c1. The number of hydrogen-bond acceptors (Lipinski definition) is 20. The number of carbonyl (C=O) groups is 1. The molecule has 22 heteroatoms. The highest BCUT2D eigenvalue weighted by Crippen LogP contribution is 2.26. The molecular weight excluding hydrogens is 724 g/mol. The molecule has 300 valence electrons. The molecule has 0 saturated carbocycles. The number of aliphatic hydroxyl groups excluding tert-OH is 8. The van der Waals surface area contributed by atoms with Gasteiger partial charge in [0.15, 0.2) is 12.6 Å². The van der Waals surface area contributed by atoms with Gasteiger partial charge in [0, 0.05) is 19.2 Å². The Morgan fingerprint density at radius 2 is 1.13 bits per heavy atom. The molecule has 2 aliphatic rings. The van der Waals surface area contributed by atoms with Crippen molar-refractivity contribution in [3.63, 3.8) is 0 Å². The number of ether oxygens (including phenoxy) is 7. The van der Waals surface area contributed by atoms with E-state index in [1.54, 1.807) is 27.8 Å². The molecule has 22 nitrogen and oxygen atoms in total. The number of aryl methyl sites for hydroxylation is 2. The minimum Gasteiger partial charge on any atom is -0.487 e. The van der Waals surface area contributed by atoms with E-state index < -0.39 is 80.6 Å². The fourth-order valence-electron chi connectivity index (χ4n) is 5.58. The van der Waals surface area contributed by atoms with Crippen LogP contribution < -0.4 is 9.47 Å². The minimum atomic E-state index is -1.53. The van der Waals surface area contributed by atoms with Crippen molar-refractivity contribution in [1.29, 1.82) is 0 Å². The molecule has 4 heterocycles. The second-order valence-electron chi connectivity index (χ2n) is 12.6. The van der Waals surface area contributed by atoms with Gasteiger partial charge in [-0.05, 0) is 25.0 Å². The topological polar surface area (TPSA) is 305 Å². The Kier molecular flexibility index (Phi) is 15.0. The van der Waals surface area contributed by atoms with Crippen LogP contribution in [0.4, 0.5) is 0 Å². The van der Waals surface area contributed by atoms with Crippen molar-refractivity contribution in [1.82, 2.24) is 30.0 Å². The van der Waals surface area contributed by atoms with Gasteiger partial charge in [-0.3, -0.25) is 9.36 Å². The Morgan fingerprint density at radius 3 is 1.54 bits per heavy atom. The zero-order valence-electron chi connectivity index (χ0n) is 29.3. The van der Waals surface area contributed by atoms with E-state index in [-0.39, 0.29) is 32.0 Å². The molecule has 8 N–H and O–H groups in total. The smallest absolute Gasteiger partial charge is 0.338 e. The first-order valence-corrected chi connectivity index (χ1v) is 17.1. The number of esters is 1. The van der Waals surface area contributed by atoms with Gasteiger partial charge >= 0.3 is 5.97 Å². The lowest BCUT2D eigenvalue weighted by molar-refractivity contribution is -0.301. The Labute approximate surface area is 307 Å². The van der Waals surface area contributed by atoms with Gasteiger partial charge in [0.25, 0.3) is 0 Å². The molecule has 0 amide bonds. The zero-order valence-corrected chi connectivity index (χ0v) is 29.3. The van der Waals surface area contributed by atoms with Gasteiger partial charge in [-0.1, -0.05) is 10.4 Å². The standard InChI is InChI=1S/C32H46N6O16/c1-48-30(47)17-8-20(51-15-18-11-37(35-33-18)4-2-6-49-31-28(45)26(43)24(41)22(13-39)53-31)10-21(9-17)52-16-19-12-38(36-34-19)5-3-7-50-32-29(46)27(44)25(42)23(14-40)54-32/h8-12,22-29,31-32,39-46H,2-7,13-16H2,1H3/t22-,23-,24+,25+,26+,27+,28-,29-,31-,32-/m1/s1. The van der Waals surface area contributed by atoms with E-state index in [2.05, 4.69) is 20.6 Å². The maximum Gasteiger partial charge on any atom is 0.338 e. The normalized spacial score (nSPS) is 28.5. The molecule has 0 aliphatic carbocycles. The van der Waals surface area contributed by atoms with E-state index in [0.29, 0.717) is 48.8 Å². The number of methoxy groups -OCH3 is 1. The Bertz CT molecular complexity index is 1500. The minimum absolute atomic E-state index is 0.000140. The van der Waals surface area contributed by atoms with E-state index in [4.69, 9.17) is 33.2 Å². The van der Waals surface area contributed by atoms with E-state index in [1.165, 1.54) is 19.2 Å². The molecule has 2 fully saturated rings. The first kappa shape index (κ1) is 41.3. The highest BCUT2D eigenvalue weighted by Gasteiger charge is 2.45. The van der Waals surface area contributed by atoms with Crippen LogP contribution in [0, 0.1) is 0 Å². The third kappa shape index (κ3) is 10.6. The Hall–Kier alpha value is -3.91. The fraction of sp³-hybridized carbons (Fsp3) is 0.656. The lowest BCUT2D eigenvalue weighted by Gasteiger charge is -2.39.